The van der Waals surface area contributed by atoms with E-state index in [1.807, 2.05) is 0 Å². The minimum Gasteiger partial charge on any atom is -0.385 e. The summed E-state index contributed by atoms with van der Waals surface area (Å²) < 4.78 is 5.02. The van der Waals surface area contributed by atoms with Crippen molar-refractivity contribution in [2.45, 2.75) is 25.3 Å². The molecule has 1 saturated heterocycles. The van der Waals surface area contributed by atoms with Gasteiger partial charge in [-0.15, -0.1) is 0 Å². The number of ether oxygens (including phenoxy) is 1. The van der Waals surface area contributed by atoms with Crippen molar-refractivity contribution in [2.75, 3.05) is 60.5 Å². The molecule has 1 fully saturated rings. The molecule has 0 radical (unpaired) electrons. The van der Waals surface area contributed by atoms with E-state index in [4.69, 9.17) is 4.74 Å². The molecule has 1 rings (SSSR count). The van der Waals surface area contributed by atoms with E-state index >= 15 is 0 Å². The zero-order valence-corrected chi connectivity index (χ0v) is 11.7. The van der Waals surface area contributed by atoms with Gasteiger partial charge in [0, 0.05) is 39.4 Å². The summed E-state index contributed by atoms with van der Waals surface area (Å²) >= 11 is 0. The van der Waals surface area contributed by atoms with Crippen molar-refractivity contribution >= 4 is 0 Å². The van der Waals surface area contributed by atoms with Crippen LogP contribution in [-0.2, 0) is 4.74 Å². The van der Waals surface area contributed by atoms with Crippen molar-refractivity contribution in [1.82, 2.24) is 15.1 Å². The normalized spacial score (nSPS) is 22.2. The molecule has 1 atom stereocenters. The zero-order chi connectivity index (χ0) is 12.5. The standard InChI is InChI=1S/C13H29N3O/c1-15-9-4-6-13(12-15)16(2)10-8-14-7-5-11-17-3/h13-14H,4-12H2,1-3H3. The van der Waals surface area contributed by atoms with Crippen LogP contribution in [0.15, 0.2) is 0 Å². The number of hydrogen-bond acceptors (Lipinski definition) is 4. The third-order valence-corrected chi connectivity index (χ3v) is 3.57. The van der Waals surface area contributed by atoms with Crippen LogP contribution in [0.3, 0.4) is 0 Å². The second-order valence-corrected chi connectivity index (χ2v) is 5.14. The molecule has 0 aromatic rings. The highest BCUT2D eigenvalue weighted by Gasteiger charge is 2.20. The topological polar surface area (TPSA) is 27.7 Å². The molecule has 1 N–H and O–H groups in total. The third kappa shape index (κ3) is 6.36. The minimum absolute atomic E-state index is 0.745. The first-order chi connectivity index (χ1) is 8.24. The number of likely N-dealkylation sites (N-methyl/N-ethyl adjacent to an activating group) is 2. The summed E-state index contributed by atoms with van der Waals surface area (Å²) in [6, 6.07) is 0.745. The number of nitrogens with one attached hydrogen (secondary N) is 1. The number of rotatable bonds is 8. The Bertz CT molecular complexity index is 190. The summed E-state index contributed by atoms with van der Waals surface area (Å²) in [5.74, 6) is 0. The average molecular weight is 243 g/mol. The molecule has 0 amide bonds. The second-order valence-electron chi connectivity index (χ2n) is 5.14. The summed E-state index contributed by atoms with van der Waals surface area (Å²) in [7, 11) is 6.23. The maximum Gasteiger partial charge on any atom is 0.0474 e. The zero-order valence-electron chi connectivity index (χ0n) is 11.7. The van der Waals surface area contributed by atoms with E-state index < -0.39 is 0 Å². The quantitative estimate of drug-likeness (QED) is 0.633. The van der Waals surface area contributed by atoms with E-state index in [9.17, 15) is 0 Å². The van der Waals surface area contributed by atoms with Crippen LogP contribution in [0.5, 0.6) is 0 Å². The fourth-order valence-electron chi connectivity index (χ4n) is 2.40. The van der Waals surface area contributed by atoms with Crippen molar-refractivity contribution in [3.05, 3.63) is 0 Å². The molecule has 1 unspecified atom stereocenters. The average Bonchev–Trinajstić information content (AvgIpc) is 2.33. The van der Waals surface area contributed by atoms with Gasteiger partial charge in [-0.3, -0.25) is 0 Å². The lowest BCUT2D eigenvalue weighted by atomic mass is 10.1. The highest BCUT2D eigenvalue weighted by molar-refractivity contribution is 4.77. The van der Waals surface area contributed by atoms with Gasteiger partial charge in [-0.05, 0) is 46.4 Å². The van der Waals surface area contributed by atoms with E-state index in [0.717, 1.165) is 38.7 Å². The predicted molar refractivity (Wildman–Crippen MR) is 72.5 cm³/mol. The molecule has 0 aliphatic carbocycles. The Labute approximate surface area is 106 Å². The number of nitrogens with zero attached hydrogens (tertiary/aromatic N) is 2. The molecule has 0 aromatic heterocycles. The molecule has 1 aliphatic rings. The number of likely N-dealkylation sites (tertiary alicyclic amines) is 1. The first-order valence-corrected chi connectivity index (χ1v) is 6.82. The van der Waals surface area contributed by atoms with Crippen LogP contribution in [0.25, 0.3) is 0 Å². The molecular formula is C13H29N3O. The fraction of sp³-hybridized carbons (Fsp3) is 1.00. The molecule has 0 spiro atoms. The van der Waals surface area contributed by atoms with Crippen molar-refractivity contribution in [3.63, 3.8) is 0 Å². The first kappa shape index (κ1) is 14.9. The lowest BCUT2D eigenvalue weighted by Crippen LogP contribution is -2.46. The van der Waals surface area contributed by atoms with Crippen LogP contribution in [0.2, 0.25) is 0 Å². The molecule has 1 heterocycles. The SMILES string of the molecule is COCCCNCCN(C)C1CCCN(C)C1. The van der Waals surface area contributed by atoms with Crippen molar-refractivity contribution < 1.29 is 4.74 Å². The molecule has 4 nitrogen and oxygen atoms in total. The minimum atomic E-state index is 0.745. The summed E-state index contributed by atoms with van der Waals surface area (Å²) in [6.07, 6.45) is 3.80. The molecule has 102 valence electrons. The highest BCUT2D eigenvalue weighted by Crippen LogP contribution is 2.12. The van der Waals surface area contributed by atoms with E-state index in [2.05, 4.69) is 29.2 Å². The van der Waals surface area contributed by atoms with E-state index in [1.54, 1.807) is 7.11 Å². The lowest BCUT2D eigenvalue weighted by Gasteiger charge is -2.35. The van der Waals surface area contributed by atoms with Crippen molar-refractivity contribution in [3.8, 4) is 0 Å². The Balaban J connectivity index is 2.02. The van der Waals surface area contributed by atoms with Gasteiger partial charge in [0.1, 0.15) is 0 Å². The Hall–Kier alpha value is -0.160. The summed E-state index contributed by atoms with van der Waals surface area (Å²) in [6.45, 7) is 6.63. The smallest absolute Gasteiger partial charge is 0.0474 e. The lowest BCUT2D eigenvalue weighted by molar-refractivity contribution is 0.135. The van der Waals surface area contributed by atoms with Crippen LogP contribution >= 0.6 is 0 Å². The van der Waals surface area contributed by atoms with Gasteiger partial charge in [0.15, 0.2) is 0 Å². The second kappa shape index (κ2) is 8.86. The van der Waals surface area contributed by atoms with Crippen LogP contribution in [0.4, 0.5) is 0 Å². The van der Waals surface area contributed by atoms with Crippen molar-refractivity contribution in [1.29, 1.82) is 0 Å². The van der Waals surface area contributed by atoms with Gasteiger partial charge in [-0.2, -0.15) is 0 Å². The van der Waals surface area contributed by atoms with Crippen LogP contribution < -0.4 is 5.32 Å². The molecular weight excluding hydrogens is 214 g/mol. The maximum absolute atomic E-state index is 5.02. The van der Waals surface area contributed by atoms with Gasteiger partial charge in [0.05, 0.1) is 0 Å². The summed E-state index contributed by atoms with van der Waals surface area (Å²) in [5, 5.41) is 3.47. The summed E-state index contributed by atoms with van der Waals surface area (Å²) in [5.41, 5.74) is 0. The Morgan fingerprint density at radius 3 is 2.94 bits per heavy atom. The molecule has 0 saturated carbocycles. The first-order valence-electron chi connectivity index (χ1n) is 6.82. The number of methoxy groups -OCH3 is 1. The Kier molecular flexibility index (Phi) is 7.77. The van der Waals surface area contributed by atoms with E-state index in [0.29, 0.717) is 0 Å². The van der Waals surface area contributed by atoms with Gasteiger partial charge in [-0.1, -0.05) is 0 Å². The van der Waals surface area contributed by atoms with Gasteiger partial charge < -0.3 is 19.9 Å². The molecule has 0 bridgehead atoms. The summed E-state index contributed by atoms with van der Waals surface area (Å²) in [4.78, 5) is 4.94. The van der Waals surface area contributed by atoms with Crippen LogP contribution in [0.1, 0.15) is 19.3 Å². The van der Waals surface area contributed by atoms with Crippen LogP contribution in [-0.4, -0.2) is 76.4 Å². The van der Waals surface area contributed by atoms with E-state index in [-0.39, 0.29) is 0 Å². The Morgan fingerprint density at radius 1 is 1.41 bits per heavy atom. The highest BCUT2D eigenvalue weighted by atomic mass is 16.5. The molecule has 1 aliphatic heterocycles. The van der Waals surface area contributed by atoms with Crippen LogP contribution in [0, 0.1) is 0 Å². The Morgan fingerprint density at radius 2 is 2.24 bits per heavy atom. The van der Waals surface area contributed by atoms with Gasteiger partial charge >= 0.3 is 0 Å². The molecule has 0 aromatic carbocycles. The van der Waals surface area contributed by atoms with Gasteiger partial charge in [0.2, 0.25) is 0 Å². The van der Waals surface area contributed by atoms with Gasteiger partial charge in [-0.25, -0.2) is 0 Å². The third-order valence-electron chi connectivity index (χ3n) is 3.57. The fourth-order valence-corrected chi connectivity index (χ4v) is 2.40. The molecule has 17 heavy (non-hydrogen) atoms. The van der Waals surface area contributed by atoms with Crippen molar-refractivity contribution in [2.24, 2.45) is 0 Å². The predicted octanol–water partition coefficient (Wildman–Crippen LogP) is 0.639. The molecule has 4 heteroatoms. The van der Waals surface area contributed by atoms with Gasteiger partial charge in [0.25, 0.3) is 0 Å². The number of hydrogen-bond donors (Lipinski definition) is 1. The largest absolute Gasteiger partial charge is 0.385 e. The monoisotopic (exact) mass is 243 g/mol. The maximum atomic E-state index is 5.02. The number of piperidine rings is 1. The van der Waals surface area contributed by atoms with E-state index in [1.165, 1.54) is 25.9 Å².